The fraction of sp³-hybridized carbons (Fsp3) is 0.120. The number of phenols is 1. The van der Waals surface area contributed by atoms with Crippen molar-refractivity contribution in [2.24, 2.45) is 0 Å². The monoisotopic (exact) mass is 651 g/mol. The molecule has 0 aliphatic rings. The van der Waals surface area contributed by atoms with Crippen LogP contribution >= 0.6 is 43.5 Å². The van der Waals surface area contributed by atoms with Gasteiger partial charge in [-0.3, -0.25) is 14.4 Å². The normalized spacial score (nSPS) is 11.3. The van der Waals surface area contributed by atoms with Gasteiger partial charge in [-0.15, -0.1) is 0 Å². The van der Waals surface area contributed by atoms with Crippen LogP contribution in [0.25, 0.3) is 0 Å². The first kappa shape index (κ1) is 28.2. The van der Waals surface area contributed by atoms with Gasteiger partial charge in [0.1, 0.15) is 11.8 Å². The van der Waals surface area contributed by atoms with Crippen LogP contribution in [0, 0.1) is 0 Å². The number of halogens is 3. The Hall–Kier alpha value is -3.41. The molecule has 0 bridgehead atoms. The molecule has 192 valence electrons. The van der Waals surface area contributed by atoms with Gasteiger partial charge >= 0.3 is 5.97 Å². The predicted octanol–water partition coefficient (Wildman–Crippen LogP) is 4.11. The van der Waals surface area contributed by atoms with Gasteiger partial charge in [0.15, 0.2) is 0 Å². The highest BCUT2D eigenvalue weighted by Crippen LogP contribution is 2.21. The topological polar surface area (TPSA) is 145 Å². The molecule has 0 unspecified atom stereocenters. The number of rotatable bonds is 9. The third kappa shape index (κ3) is 8.04. The zero-order valence-electron chi connectivity index (χ0n) is 18.9. The summed E-state index contributed by atoms with van der Waals surface area (Å²) in [6.45, 7) is -0.215. The van der Waals surface area contributed by atoms with Crippen LogP contribution in [-0.4, -0.2) is 46.5 Å². The molecule has 3 aromatic rings. The molecule has 0 aliphatic heterocycles. The summed E-state index contributed by atoms with van der Waals surface area (Å²) < 4.78 is 1.31. The van der Waals surface area contributed by atoms with E-state index in [1.807, 2.05) is 0 Å². The maximum atomic E-state index is 12.7. The Bertz CT molecular complexity index is 1350. The molecule has 3 rings (SSSR count). The van der Waals surface area contributed by atoms with E-state index in [-0.39, 0.29) is 40.6 Å². The molecule has 3 aromatic carbocycles. The number of nitrogens with one attached hydrogen (secondary N) is 3. The van der Waals surface area contributed by atoms with E-state index in [0.29, 0.717) is 14.5 Å². The van der Waals surface area contributed by atoms with Crippen molar-refractivity contribution in [3.8, 4) is 5.75 Å². The number of aromatic hydroxyl groups is 1. The highest BCUT2D eigenvalue weighted by atomic mass is 79.9. The molecule has 0 saturated carbocycles. The van der Waals surface area contributed by atoms with Crippen molar-refractivity contribution in [3.63, 3.8) is 0 Å². The summed E-state index contributed by atoms with van der Waals surface area (Å²) in [5, 5.41) is 26.5. The van der Waals surface area contributed by atoms with E-state index in [1.165, 1.54) is 30.3 Å². The van der Waals surface area contributed by atoms with Gasteiger partial charge in [-0.25, -0.2) is 4.79 Å². The van der Waals surface area contributed by atoms with Crippen molar-refractivity contribution in [3.05, 3.63) is 96.9 Å². The molecular formula is C25H20Br2ClN3O6. The molecule has 0 aromatic heterocycles. The molecule has 9 nitrogen and oxygen atoms in total. The second kappa shape index (κ2) is 12.7. The quantitative estimate of drug-likeness (QED) is 0.235. The maximum Gasteiger partial charge on any atom is 0.328 e. The van der Waals surface area contributed by atoms with Crippen molar-refractivity contribution >= 4 is 67.2 Å². The van der Waals surface area contributed by atoms with Crippen LogP contribution in [0.2, 0.25) is 5.02 Å². The van der Waals surface area contributed by atoms with Crippen molar-refractivity contribution in [1.82, 2.24) is 16.0 Å². The average Bonchev–Trinajstić information content (AvgIpc) is 2.83. The van der Waals surface area contributed by atoms with Crippen LogP contribution in [0.15, 0.2) is 69.6 Å². The van der Waals surface area contributed by atoms with Gasteiger partial charge < -0.3 is 26.2 Å². The number of carboxylic acid groups (broad SMARTS) is 1. The van der Waals surface area contributed by atoms with Gasteiger partial charge in [0.2, 0.25) is 0 Å². The van der Waals surface area contributed by atoms with E-state index in [1.54, 1.807) is 30.3 Å². The minimum absolute atomic E-state index is 0.0419. The Morgan fingerprint density at radius 2 is 1.51 bits per heavy atom. The van der Waals surface area contributed by atoms with Gasteiger partial charge in [-0.1, -0.05) is 55.6 Å². The Morgan fingerprint density at radius 1 is 0.838 bits per heavy atom. The highest BCUT2D eigenvalue weighted by Gasteiger charge is 2.23. The van der Waals surface area contributed by atoms with Gasteiger partial charge in [0.05, 0.1) is 10.6 Å². The van der Waals surface area contributed by atoms with Crippen molar-refractivity contribution < 1.29 is 29.4 Å². The molecule has 0 aliphatic carbocycles. The number of carboxylic acids is 1. The molecule has 0 heterocycles. The number of amides is 3. The largest absolute Gasteiger partial charge is 0.508 e. The zero-order chi connectivity index (χ0) is 27.1. The lowest BCUT2D eigenvalue weighted by atomic mass is 10.1. The third-order valence-corrected chi connectivity index (χ3v) is 6.26. The molecule has 0 fully saturated rings. The summed E-state index contributed by atoms with van der Waals surface area (Å²) in [5.74, 6) is -3.05. The molecule has 37 heavy (non-hydrogen) atoms. The van der Waals surface area contributed by atoms with E-state index >= 15 is 0 Å². The Balaban J connectivity index is 1.62. The van der Waals surface area contributed by atoms with Gasteiger partial charge in [-0.2, -0.15) is 0 Å². The first-order chi connectivity index (χ1) is 17.5. The average molecular weight is 654 g/mol. The smallest absolute Gasteiger partial charge is 0.328 e. The Morgan fingerprint density at radius 3 is 2.14 bits per heavy atom. The van der Waals surface area contributed by atoms with Gasteiger partial charge in [0, 0.05) is 33.2 Å². The summed E-state index contributed by atoms with van der Waals surface area (Å²) >= 11 is 12.8. The minimum atomic E-state index is -1.44. The summed E-state index contributed by atoms with van der Waals surface area (Å²) in [7, 11) is 0. The van der Waals surface area contributed by atoms with Crippen molar-refractivity contribution in [2.75, 3.05) is 6.54 Å². The number of hydrogen-bond donors (Lipinski definition) is 5. The van der Waals surface area contributed by atoms with E-state index in [9.17, 15) is 29.4 Å². The fourth-order valence-corrected chi connectivity index (χ4v) is 4.77. The minimum Gasteiger partial charge on any atom is -0.508 e. The lowest BCUT2D eigenvalue weighted by Gasteiger charge is -2.16. The summed E-state index contributed by atoms with van der Waals surface area (Å²) in [4.78, 5) is 49.3. The predicted molar refractivity (Wildman–Crippen MR) is 144 cm³/mol. The lowest BCUT2D eigenvalue weighted by Crippen LogP contribution is -2.48. The summed E-state index contributed by atoms with van der Waals surface area (Å²) in [6, 6.07) is 13.8. The van der Waals surface area contributed by atoms with E-state index in [4.69, 9.17) is 11.6 Å². The molecule has 0 radical (unpaired) electrons. The third-order valence-electron chi connectivity index (χ3n) is 5.03. The van der Waals surface area contributed by atoms with Gasteiger partial charge in [-0.05, 0) is 54.1 Å². The number of phenolic OH excluding ortho intramolecular Hbond substituents is 1. The maximum absolute atomic E-state index is 12.7. The standard InChI is InChI=1S/C25H20Br2ClN3O6/c26-16-7-15(8-17(27)10-16)23(34)30-12-21(25(36)37)31-24(35)19-5-4-14(9-20(19)28)22(33)29-11-13-2-1-3-18(32)6-13/h1-10,21,32H,11-12H2,(H,29,33)(H,30,34)(H,31,35)(H,36,37)/t21-/m0/s1. The van der Waals surface area contributed by atoms with Crippen LogP contribution in [0.4, 0.5) is 0 Å². The second-order valence-electron chi connectivity index (χ2n) is 7.78. The fourth-order valence-electron chi connectivity index (χ4n) is 3.21. The molecule has 5 N–H and O–H groups in total. The number of aliphatic carboxylic acids is 1. The first-order valence-corrected chi connectivity index (χ1v) is 12.6. The molecule has 12 heteroatoms. The first-order valence-electron chi connectivity index (χ1n) is 10.7. The Labute approximate surface area is 233 Å². The van der Waals surface area contributed by atoms with Crippen LogP contribution in [0.3, 0.4) is 0 Å². The molecule has 0 spiro atoms. The van der Waals surface area contributed by atoms with Crippen LogP contribution in [0.5, 0.6) is 5.75 Å². The summed E-state index contributed by atoms with van der Waals surface area (Å²) in [6.07, 6.45) is 0. The SMILES string of the molecule is O=C(NCc1cccc(O)c1)c1ccc(C(=O)N[C@@H](CNC(=O)c2cc(Br)cc(Br)c2)C(=O)O)c(Cl)c1. The molecule has 1 atom stereocenters. The van der Waals surface area contributed by atoms with Crippen molar-refractivity contribution in [2.45, 2.75) is 12.6 Å². The highest BCUT2D eigenvalue weighted by molar-refractivity contribution is 9.11. The number of carbonyl (C=O) groups excluding carboxylic acids is 3. The van der Waals surface area contributed by atoms with Gasteiger partial charge in [0.25, 0.3) is 17.7 Å². The molecule has 3 amide bonds. The van der Waals surface area contributed by atoms with E-state index < -0.39 is 29.7 Å². The number of carbonyl (C=O) groups is 4. The number of hydrogen-bond acceptors (Lipinski definition) is 5. The molecule has 0 saturated heterocycles. The van der Waals surface area contributed by atoms with E-state index in [2.05, 4.69) is 47.8 Å². The second-order valence-corrected chi connectivity index (χ2v) is 10.0. The molecular weight excluding hydrogens is 634 g/mol. The lowest BCUT2D eigenvalue weighted by molar-refractivity contribution is -0.139. The van der Waals surface area contributed by atoms with E-state index in [0.717, 1.165) is 0 Å². The van der Waals surface area contributed by atoms with Crippen LogP contribution in [-0.2, 0) is 11.3 Å². The number of benzene rings is 3. The summed E-state index contributed by atoms with van der Waals surface area (Å²) in [5.41, 5.74) is 1.12. The zero-order valence-corrected chi connectivity index (χ0v) is 22.9. The Kier molecular flexibility index (Phi) is 9.67. The van der Waals surface area contributed by atoms with Crippen LogP contribution < -0.4 is 16.0 Å². The van der Waals surface area contributed by atoms with Crippen LogP contribution in [0.1, 0.15) is 36.6 Å². The van der Waals surface area contributed by atoms with Crippen molar-refractivity contribution in [1.29, 1.82) is 0 Å².